The average molecular weight is 223 g/mol. The molecule has 0 radical (unpaired) electrons. The van der Waals surface area contributed by atoms with E-state index in [2.05, 4.69) is 16.5 Å². The largest absolute Gasteiger partial charge is 0.394 e. The third-order valence-corrected chi connectivity index (χ3v) is 3.56. The van der Waals surface area contributed by atoms with Crippen LogP contribution in [0.3, 0.4) is 0 Å². The lowest BCUT2D eigenvalue weighted by atomic mass is 10.0. The summed E-state index contributed by atoms with van der Waals surface area (Å²) in [4.78, 5) is 4.14. The number of hydrogen-bond donors (Lipinski definition) is 2. The van der Waals surface area contributed by atoms with Gasteiger partial charge in [-0.3, -0.25) is 0 Å². The van der Waals surface area contributed by atoms with Gasteiger partial charge in [-0.2, -0.15) is 0 Å². The summed E-state index contributed by atoms with van der Waals surface area (Å²) in [5.74, 6) is 0. The molecule has 1 fully saturated rings. The van der Waals surface area contributed by atoms with Gasteiger partial charge in [0.2, 0.25) is 0 Å². The molecule has 0 spiro atoms. The van der Waals surface area contributed by atoms with Crippen molar-refractivity contribution in [2.24, 2.45) is 11.1 Å². The van der Waals surface area contributed by atoms with Crippen LogP contribution >= 0.6 is 0 Å². The number of aromatic nitrogens is 2. The van der Waals surface area contributed by atoms with Crippen LogP contribution in [0.1, 0.15) is 44.3 Å². The molecular weight excluding hydrogens is 202 g/mol. The van der Waals surface area contributed by atoms with Gasteiger partial charge in [0.25, 0.3) is 0 Å². The van der Waals surface area contributed by atoms with Gasteiger partial charge in [0.1, 0.15) is 0 Å². The first-order valence-electron chi connectivity index (χ1n) is 6.07. The van der Waals surface area contributed by atoms with Crippen molar-refractivity contribution in [2.75, 3.05) is 6.61 Å². The van der Waals surface area contributed by atoms with Crippen molar-refractivity contribution < 1.29 is 5.11 Å². The maximum absolute atomic E-state index is 9.08. The van der Waals surface area contributed by atoms with Crippen LogP contribution < -0.4 is 5.73 Å². The number of aliphatic hydroxyl groups excluding tert-OH is 1. The van der Waals surface area contributed by atoms with Crippen molar-refractivity contribution in [2.45, 2.75) is 45.2 Å². The Morgan fingerprint density at radius 1 is 1.62 bits per heavy atom. The van der Waals surface area contributed by atoms with E-state index in [0.29, 0.717) is 5.41 Å². The van der Waals surface area contributed by atoms with Gasteiger partial charge in [0.15, 0.2) is 0 Å². The van der Waals surface area contributed by atoms with E-state index < -0.39 is 0 Å². The normalized spacial score (nSPS) is 19.7. The first-order valence-corrected chi connectivity index (χ1v) is 6.07. The third-order valence-electron chi connectivity index (χ3n) is 3.56. The molecule has 3 N–H and O–H groups in total. The number of imidazole rings is 1. The van der Waals surface area contributed by atoms with Gasteiger partial charge >= 0.3 is 0 Å². The van der Waals surface area contributed by atoms with Crippen LogP contribution in [-0.4, -0.2) is 21.3 Å². The zero-order chi connectivity index (χ0) is 11.6. The number of hydrogen-bond acceptors (Lipinski definition) is 3. The van der Waals surface area contributed by atoms with Crippen LogP contribution in [0.25, 0.3) is 0 Å². The van der Waals surface area contributed by atoms with Crippen molar-refractivity contribution in [3.63, 3.8) is 0 Å². The van der Waals surface area contributed by atoms with E-state index in [4.69, 9.17) is 10.8 Å². The molecule has 1 atom stereocenters. The predicted molar refractivity (Wildman–Crippen MR) is 62.8 cm³/mol. The molecule has 1 aromatic heterocycles. The molecule has 16 heavy (non-hydrogen) atoms. The summed E-state index contributed by atoms with van der Waals surface area (Å²) in [6.45, 7) is 3.21. The Kier molecular flexibility index (Phi) is 3.30. The Balaban J connectivity index is 2.07. The molecule has 0 aromatic carbocycles. The van der Waals surface area contributed by atoms with Gasteiger partial charge in [-0.05, 0) is 24.7 Å². The van der Waals surface area contributed by atoms with E-state index in [1.165, 1.54) is 25.7 Å². The van der Waals surface area contributed by atoms with Crippen LogP contribution in [0.2, 0.25) is 0 Å². The molecular formula is C12H21N3O. The molecule has 1 unspecified atom stereocenters. The Labute approximate surface area is 96.5 Å². The highest BCUT2D eigenvalue weighted by Gasteiger charge is 2.42. The predicted octanol–water partition coefficient (Wildman–Crippen LogP) is 1.46. The van der Waals surface area contributed by atoms with E-state index in [0.717, 1.165) is 12.2 Å². The zero-order valence-electron chi connectivity index (χ0n) is 9.89. The Bertz CT molecular complexity index is 344. The smallest absolute Gasteiger partial charge is 0.0948 e. The lowest BCUT2D eigenvalue weighted by molar-refractivity contribution is 0.260. The lowest BCUT2D eigenvalue weighted by Gasteiger charge is -2.18. The van der Waals surface area contributed by atoms with Gasteiger partial charge in [-0.15, -0.1) is 0 Å². The fourth-order valence-corrected chi connectivity index (χ4v) is 2.42. The summed E-state index contributed by atoms with van der Waals surface area (Å²) in [7, 11) is 0. The molecule has 0 bridgehead atoms. The highest BCUT2D eigenvalue weighted by Crippen LogP contribution is 2.51. The van der Waals surface area contributed by atoms with Gasteiger partial charge in [-0.1, -0.05) is 13.3 Å². The van der Waals surface area contributed by atoms with E-state index >= 15 is 0 Å². The molecule has 1 heterocycles. The topological polar surface area (TPSA) is 64.1 Å². The minimum absolute atomic E-state index is 0.0214. The molecule has 1 aliphatic rings. The van der Waals surface area contributed by atoms with Gasteiger partial charge in [0.05, 0.1) is 24.7 Å². The van der Waals surface area contributed by atoms with E-state index in [1.54, 1.807) is 6.20 Å². The highest BCUT2D eigenvalue weighted by atomic mass is 16.3. The first-order chi connectivity index (χ1) is 7.71. The quantitative estimate of drug-likeness (QED) is 0.767. The fourth-order valence-electron chi connectivity index (χ4n) is 2.42. The first kappa shape index (κ1) is 11.6. The Hall–Kier alpha value is -0.870. The molecule has 0 saturated heterocycles. The van der Waals surface area contributed by atoms with E-state index in [-0.39, 0.29) is 12.6 Å². The van der Waals surface area contributed by atoms with Gasteiger partial charge in [-0.25, -0.2) is 4.98 Å². The number of rotatable bonds is 6. The summed E-state index contributed by atoms with van der Waals surface area (Å²) in [6, 6.07) is -0.306. The van der Waals surface area contributed by atoms with E-state index in [9.17, 15) is 0 Å². The molecule has 2 rings (SSSR count). The summed E-state index contributed by atoms with van der Waals surface area (Å²) in [5, 5.41) is 9.08. The summed E-state index contributed by atoms with van der Waals surface area (Å²) in [6.07, 6.45) is 8.73. The summed E-state index contributed by atoms with van der Waals surface area (Å²) in [5.41, 5.74) is 7.28. The van der Waals surface area contributed by atoms with Crippen LogP contribution in [0.4, 0.5) is 0 Å². The highest BCUT2D eigenvalue weighted by molar-refractivity contribution is 5.06. The number of nitrogens with two attached hydrogens (primary N) is 1. The van der Waals surface area contributed by atoms with Crippen molar-refractivity contribution in [3.05, 3.63) is 18.2 Å². The molecule has 1 aliphatic carbocycles. The van der Waals surface area contributed by atoms with Crippen LogP contribution in [0.5, 0.6) is 0 Å². The zero-order valence-corrected chi connectivity index (χ0v) is 9.89. The molecule has 1 aromatic rings. The molecule has 90 valence electrons. The minimum atomic E-state index is -0.306. The van der Waals surface area contributed by atoms with Crippen LogP contribution in [0.15, 0.2) is 12.5 Å². The summed E-state index contributed by atoms with van der Waals surface area (Å²) < 4.78 is 2.11. The van der Waals surface area contributed by atoms with Crippen LogP contribution in [-0.2, 0) is 6.54 Å². The van der Waals surface area contributed by atoms with Crippen molar-refractivity contribution in [1.82, 2.24) is 9.55 Å². The molecule has 0 aliphatic heterocycles. The van der Waals surface area contributed by atoms with Gasteiger partial charge < -0.3 is 15.4 Å². The monoisotopic (exact) mass is 223 g/mol. The number of nitrogens with zero attached hydrogens (tertiary/aromatic N) is 2. The van der Waals surface area contributed by atoms with Crippen LogP contribution in [0, 0.1) is 5.41 Å². The Morgan fingerprint density at radius 3 is 2.94 bits per heavy atom. The second kappa shape index (κ2) is 4.55. The van der Waals surface area contributed by atoms with Crippen molar-refractivity contribution in [1.29, 1.82) is 0 Å². The second-order valence-electron chi connectivity index (χ2n) is 4.99. The molecule has 1 saturated carbocycles. The van der Waals surface area contributed by atoms with E-state index in [1.807, 2.05) is 6.33 Å². The standard InChI is InChI=1S/C12H21N3O/c1-2-3-12(4-5-12)8-15-9-14-6-11(15)10(13)7-16/h6,9-10,16H,2-5,7-8,13H2,1H3. The SMILES string of the molecule is CCCC1(Cn2cncc2C(N)CO)CC1. The van der Waals surface area contributed by atoms with Gasteiger partial charge in [0, 0.05) is 12.7 Å². The maximum atomic E-state index is 9.08. The lowest BCUT2D eigenvalue weighted by Crippen LogP contribution is -2.21. The average Bonchev–Trinajstić information content (AvgIpc) is 2.87. The number of aliphatic hydroxyl groups is 1. The third kappa shape index (κ3) is 2.28. The molecule has 4 heteroatoms. The minimum Gasteiger partial charge on any atom is -0.394 e. The molecule has 0 amide bonds. The maximum Gasteiger partial charge on any atom is 0.0948 e. The van der Waals surface area contributed by atoms with Crippen molar-refractivity contribution in [3.8, 4) is 0 Å². The Morgan fingerprint density at radius 2 is 2.38 bits per heavy atom. The molecule has 4 nitrogen and oxygen atoms in total. The second-order valence-corrected chi connectivity index (χ2v) is 4.99. The summed E-state index contributed by atoms with van der Waals surface area (Å²) >= 11 is 0. The fraction of sp³-hybridized carbons (Fsp3) is 0.750. The van der Waals surface area contributed by atoms with Crippen molar-refractivity contribution >= 4 is 0 Å².